The first-order chi connectivity index (χ1) is 12.1. The lowest BCUT2D eigenvalue weighted by Gasteiger charge is -2.14. The quantitative estimate of drug-likeness (QED) is 0.725. The molecule has 1 N–H and O–H groups in total. The number of amides is 1. The zero-order chi connectivity index (χ0) is 17.6. The van der Waals surface area contributed by atoms with Crippen LogP contribution in [0, 0.1) is 6.92 Å². The first-order valence-electron chi connectivity index (χ1n) is 8.16. The lowest BCUT2D eigenvalue weighted by Crippen LogP contribution is -2.22. The van der Waals surface area contributed by atoms with Gasteiger partial charge in [0, 0.05) is 12.0 Å². The van der Waals surface area contributed by atoms with Crippen molar-refractivity contribution in [1.29, 1.82) is 0 Å². The molecule has 1 amide bonds. The van der Waals surface area contributed by atoms with Gasteiger partial charge in [-0.25, -0.2) is 4.79 Å². The van der Waals surface area contributed by atoms with Crippen LogP contribution in [-0.4, -0.2) is 17.4 Å². The summed E-state index contributed by atoms with van der Waals surface area (Å²) in [5.74, 6) is 0.534. The molecule has 1 heterocycles. The van der Waals surface area contributed by atoms with Crippen LogP contribution in [0.15, 0.2) is 65.2 Å². The van der Waals surface area contributed by atoms with Crippen molar-refractivity contribution in [3.05, 3.63) is 72.0 Å². The summed E-state index contributed by atoms with van der Waals surface area (Å²) in [6, 6.07) is 19.5. The Morgan fingerprint density at radius 3 is 2.44 bits per heavy atom. The maximum Gasteiger partial charge on any atom is 0.412 e. The first kappa shape index (κ1) is 16.8. The van der Waals surface area contributed by atoms with E-state index in [0.717, 1.165) is 11.1 Å². The molecule has 5 heteroatoms. The Morgan fingerprint density at radius 2 is 1.76 bits per heavy atom. The highest BCUT2D eigenvalue weighted by Crippen LogP contribution is 2.30. The minimum Gasteiger partial charge on any atom is -0.446 e. The maximum atomic E-state index is 12.2. The highest BCUT2D eigenvalue weighted by atomic mass is 16.6. The molecule has 3 rings (SSSR count). The number of nitrogens with zero attached hydrogens (tertiary/aromatic N) is 1. The van der Waals surface area contributed by atoms with Gasteiger partial charge >= 0.3 is 6.09 Å². The number of aryl methyl sites for hydroxylation is 1. The van der Waals surface area contributed by atoms with Gasteiger partial charge in [0.1, 0.15) is 17.5 Å². The van der Waals surface area contributed by atoms with Crippen molar-refractivity contribution in [3.8, 4) is 11.3 Å². The van der Waals surface area contributed by atoms with Crippen LogP contribution < -0.4 is 5.32 Å². The molecule has 0 aliphatic carbocycles. The fourth-order valence-electron chi connectivity index (χ4n) is 2.61. The van der Waals surface area contributed by atoms with Gasteiger partial charge in [-0.05, 0) is 19.4 Å². The Bertz CT molecular complexity index is 829. The molecule has 0 aliphatic rings. The molecule has 2 aromatic carbocycles. The van der Waals surface area contributed by atoms with Crippen molar-refractivity contribution in [2.24, 2.45) is 0 Å². The van der Waals surface area contributed by atoms with Gasteiger partial charge in [0.2, 0.25) is 0 Å². The van der Waals surface area contributed by atoms with Gasteiger partial charge in [-0.1, -0.05) is 65.8 Å². The van der Waals surface area contributed by atoms with Crippen LogP contribution in [-0.2, 0) is 11.2 Å². The molecule has 0 bridgehead atoms. The van der Waals surface area contributed by atoms with Gasteiger partial charge in [0.05, 0.1) is 0 Å². The molecular weight excluding hydrogens is 316 g/mol. The Hall–Kier alpha value is -3.08. The van der Waals surface area contributed by atoms with E-state index >= 15 is 0 Å². The lowest BCUT2D eigenvalue weighted by atomic mass is 10.1. The van der Waals surface area contributed by atoms with Gasteiger partial charge in [0.25, 0.3) is 0 Å². The number of aromatic nitrogens is 1. The first-order valence-corrected chi connectivity index (χ1v) is 8.16. The van der Waals surface area contributed by atoms with E-state index in [1.807, 2.05) is 67.6 Å². The Labute approximate surface area is 146 Å². The van der Waals surface area contributed by atoms with Gasteiger partial charge in [-0.15, -0.1) is 0 Å². The molecule has 0 saturated carbocycles. The summed E-state index contributed by atoms with van der Waals surface area (Å²) < 4.78 is 10.7. The van der Waals surface area contributed by atoms with E-state index in [2.05, 4.69) is 10.5 Å². The number of hydrogen-bond acceptors (Lipinski definition) is 4. The lowest BCUT2D eigenvalue weighted by molar-refractivity contribution is 0.120. The number of hydrogen-bond donors (Lipinski definition) is 1. The van der Waals surface area contributed by atoms with E-state index in [-0.39, 0.29) is 6.10 Å². The highest BCUT2D eigenvalue weighted by Gasteiger charge is 2.19. The molecule has 0 aliphatic heterocycles. The molecule has 1 aromatic heterocycles. The number of anilines is 1. The molecular formula is C20H20N2O3. The van der Waals surface area contributed by atoms with E-state index in [4.69, 9.17) is 9.26 Å². The minimum atomic E-state index is -0.521. The average molecular weight is 336 g/mol. The number of carbonyl (C=O) groups is 1. The standard InChI is InChI=1S/C20H20N2O3/c1-14(13-16-9-5-3-6-10-16)24-20(23)21-18-15(2)25-22-19(18)17-11-7-4-8-12-17/h3-12,14H,13H2,1-2H3,(H,21,23). The summed E-state index contributed by atoms with van der Waals surface area (Å²) >= 11 is 0. The van der Waals surface area contributed by atoms with Crippen LogP contribution in [0.5, 0.6) is 0 Å². The molecule has 0 radical (unpaired) electrons. The van der Waals surface area contributed by atoms with Gasteiger partial charge in [-0.3, -0.25) is 5.32 Å². The van der Waals surface area contributed by atoms with E-state index in [9.17, 15) is 4.79 Å². The molecule has 1 atom stereocenters. The molecule has 0 spiro atoms. The van der Waals surface area contributed by atoms with Crippen molar-refractivity contribution in [2.75, 3.05) is 5.32 Å². The van der Waals surface area contributed by atoms with Crippen LogP contribution in [0.3, 0.4) is 0 Å². The Kier molecular flexibility index (Phi) is 5.14. The molecule has 5 nitrogen and oxygen atoms in total. The van der Waals surface area contributed by atoms with Gasteiger partial charge in [-0.2, -0.15) is 0 Å². The zero-order valence-corrected chi connectivity index (χ0v) is 14.2. The second-order valence-electron chi connectivity index (χ2n) is 5.86. The fourth-order valence-corrected chi connectivity index (χ4v) is 2.61. The summed E-state index contributed by atoms with van der Waals surface area (Å²) in [4.78, 5) is 12.2. The van der Waals surface area contributed by atoms with Gasteiger partial charge < -0.3 is 9.26 Å². The largest absolute Gasteiger partial charge is 0.446 e. The molecule has 3 aromatic rings. The van der Waals surface area contributed by atoms with Crippen LogP contribution in [0.2, 0.25) is 0 Å². The third-order valence-corrected chi connectivity index (χ3v) is 3.81. The molecule has 0 fully saturated rings. The van der Waals surface area contributed by atoms with Crippen LogP contribution in [0.4, 0.5) is 10.5 Å². The summed E-state index contributed by atoms with van der Waals surface area (Å²) in [6.07, 6.45) is -0.114. The van der Waals surface area contributed by atoms with Crippen LogP contribution >= 0.6 is 0 Å². The van der Waals surface area contributed by atoms with Crippen molar-refractivity contribution in [3.63, 3.8) is 0 Å². The van der Waals surface area contributed by atoms with E-state index in [1.54, 1.807) is 6.92 Å². The smallest absolute Gasteiger partial charge is 0.412 e. The van der Waals surface area contributed by atoms with Crippen molar-refractivity contribution < 1.29 is 14.1 Å². The predicted molar refractivity (Wildman–Crippen MR) is 96.4 cm³/mol. The third-order valence-electron chi connectivity index (χ3n) is 3.81. The zero-order valence-electron chi connectivity index (χ0n) is 14.2. The summed E-state index contributed by atoms with van der Waals surface area (Å²) in [5, 5.41) is 6.80. The van der Waals surface area contributed by atoms with E-state index in [0.29, 0.717) is 23.6 Å². The fraction of sp³-hybridized carbons (Fsp3) is 0.200. The van der Waals surface area contributed by atoms with E-state index < -0.39 is 6.09 Å². The number of ether oxygens (including phenoxy) is 1. The van der Waals surface area contributed by atoms with E-state index in [1.165, 1.54) is 0 Å². The number of benzene rings is 2. The Morgan fingerprint density at radius 1 is 1.12 bits per heavy atom. The maximum absolute atomic E-state index is 12.2. The molecule has 1 unspecified atom stereocenters. The SMILES string of the molecule is Cc1onc(-c2ccccc2)c1NC(=O)OC(C)Cc1ccccc1. The van der Waals surface area contributed by atoms with Gasteiger partial charge in [0.15, 0.2) is 5.76 Å². The minimum absolute atomic E-state index is 0.247. The van der Waals surface area contributed by atoms with Crippen molar-refractivity contribution >= 4 is 11.8 Å². The monoisotopic (exact) mass is 336 g/mol. The van der Waals surface area contributed by atoms with Crippen LogP contribution in [0.1, 0.15) is 18.2 Å². The average Bonchev–Trinajstić information content (AvgIpc) is 2.97. The van der Waals surface area contributed by atoms with Crippen molar-refractivity contribution in [1.82, 2.24) is 5.16 Å². The second kappa shape index (κ2) is 7.66. The summed E-state index contributed by atoms with van der Waals surface area (Å²) in [5.41, 5.74) is 3.11. The number of rotatable bonds is 5. The number of nitrogens with one attached hydrogen (secondary N) is 1. The number of carbonyl (C=O) groups excluding carboxylic acids is 1. The molecule has 0 saturated heterocycles. The molecule has 128 valence electrons. The topological polar surface area (TPSA) is 64.4 Å². The molecule has 25 heavy (non-hydrogen) atoms. The summed E-state index contributed by atoms with van der Waals surface area (Å²) in [6.45, 7) is 3.62. The predicted octanol–water partition coefficient (Wildman–Crippen LogP) is 4.83. The third kappa shape index (κ3) is 4.26. The van der Waals surface area contributed by atoms with Crippen LogP contribution in [0.25, 0.3) is 11.3 Å². The summed E-state index contributed by atoms with van der Waals surface area (Å²) in [7, 11) is 0. The second-order valence-corrected chi connectivity index (χ2v) is 5.86. The normalized spacial score (nSPS) is 11.8. The Balaban J connectivity index is 1.66. The highest BCUT2D eigenvalue weighted by molar-refractivity contribution is 5.91. The van der Waals surface area contributed by atoms with Crippen molar-refractivity contribution in [2.45, 2.75) is 26.4 Å².